The normalized spacial score (nSPS) is 12.2. The van der Waals surface area contributed by atoms with Crippen molar-refractivity contribution in [1.29, 1.82) is 0 Å². The van der Waals surface area contributed by atoms with Gasteiger partial charge >= 0.3 is 0 Å². The summed E-state index contributed by atoms with van der Waals surface area (Å²) < 4.78 is 5.45. The number of para-hydroxylation sites is 1. The Hall–Kier alpha value is -1.92. The van der Waals surface area contributed by atoms with Gasteiger partial charge < -0.3 is 15.2 Å². The van der Waals surface area contributed by atoms with Gasteiger partial charge in [-0.3, -0.25) is 4.79 Å². The molecule has 2 rings (SSSR count). The first-order chi connectivity index (χ1) is 11.0. The second-order valence-corrected chi connectivity index (χ2v) is 6.64. The van der Waals surface area contributed by atoms with Gasteiger partial charge in [0.2, 0.25) is 0 Å². The number of aliphatic hydroxyl groups excluding tert-OH is 1. The second-order valence-electron chi connectivity index (χ2n) is 5.61. The van der Waals surface area contributed by atoms with E-state index in [-0.39, 0.29) is 19.1 Å². The lowest BCUT2D eigenvalue weighted by Crippen LogP contribution is -2.35. The molecule has 6 heteroatoms. The highest BCUT2D eigenvalue weighted by atomic mass is 32.1. The minimum atomic E-state index is -0.767. The lowest BCUT2D eigenvalue weighted by molar-refractivity contribution is 0.0846. The van der Waals surface area contributed by atoms with Gasteiger partial charge in [0.25, 0.3) is 5.91 Å². The number of hydrogen-bond acceptors (Lipinski definition) is 5. The number of aryl methyl sites for hydroxylation is 1. The van der Waals surface area contributed by atoms with E-state index in [2.05, 4.69) is 10.3 Å². The topological polar surface area (TPSA) is 71.5 Å². The Bertz CT molecular complexity index is 641. The standard InChI is InChI=1S/C17H22N2O3S/c1-11(2)17-19-12(3)15(23-17)16(21)18-9-13(20)10-22-14-7-5-4-6-8-14/h4-8,11,13,20H,9-10H2,1-3H3,(H,18,21). The first kappa shape index (κ1) is 17.4. The molecule has 0 saturated carbocycles. The molecule has 2 N–H and O–H groups in total. The first-order valence-corrected chi connectivity index (χ1v) is 8.40. The smallest absolute Gasteiger partial charge is 0.263 e. The summed E-state index contributed by atoms with van der Waals surface area (Å²) in [6.45, 7) is 6.19. The third kappa shape index (κ3) is 5.04. The maximum absolute atomic E-state index is 12.2. The summed E-state index contributed by atoms with van der Waals surface area (Å²) in [7, 11) is 0. The lowest BCUT2D eigenvalue weighted by Gasteiger charge is -2.13. The fourth-order valence-electron chi connectivity index (χ4n) is 1.93. The van der Waals surface area contributed by atoms with Crippen LogP contribution in [0.15, 0.2) is 30.3 Å². The highest BCUT2D eigenvalue weighted by Crippen LogP contribution is 2.24. The van der Waals surface area contributed by atoms with Gasteiger partial charge in [-0.05, 0) is 19.1 Å². The van der Waals surface area contributed by atoms with Crippen LogP contribution in [0, 0.1) is 6.92 Å². The van der Waals surface area contributed by atoms with Crippen LogP contribution in [0.3, 0.4) is 0 Å². The Morgan fingerprint density at radius 1 is 1.35 bits per heavy atom. The maximum Gasteiger partial charge on any atom is 0.263 e. The molecule has 23 heavy (non-hydrogen) atoms. The van der Waals surface area contributed by atoms with E-state index in [1.807, 2.05) is 51.1 Å². The Balaban J connectivity index is 1.81. The molecule has 1 heterocycles. The molecule has 0 bridgehead atoms. The highest BCUT2D eigenvalue weighted by molar-refractivity contribution is 7.13. The number of hydrogen-bond donors (Lipinski definition) is 2. The molecule has 2 aromatic rings. The predicted molar refractivity (Wildman–Crippen MR) is 91.2 cm³/mol. The number of carbonyl (C=O) groups is 1. The molecular weight excluding hydrogens is 312 g/mol. The first-order valence-electron chi connectivity index (χ1n) is 7.58. The van der Waals surface area contributed by atoms with Crippen molar-refractivity contribution in [2.45, 2.75) is 32.8 Å². The summed E-state index contributed by atoms with van der Waals surface area (Å²) in [6, 6.07) is 9.26. The molecular formula is C17H22N2O3S. The van der Waals surface area contributed by atoms with Gasteiger partial charge in [-0.1, -0.05) is 32.0 Å². The van der Waals surface area contributed by atoms with Crippen molar-refractivity contribution in [1.82, 2.24) is 10.3 Å². The number of carbonyl (C=O) groups excluding carboxylic acids is 1. The molecule has 0 fully saturated rings. The van der Waals surface area contributed by atoms with Crippen LogP contribution in [-0.4, -0.2) is 35.3 Å². The van der Waals surface area contributed by atoms with E-state index in [1.165, 1.54) is 11.3 Å². The fourth-order valence-corrected chi connectivity index (χ4v) is 2.92. The number of nitrogens with one attached hydrogen (secondary N) is 1. The van der Waals surface area contributed by atoms with Gasteiger partial charge in [-0.15, -0.1) is 11.3 Å². The third-order valence-electron chi connectivity index (χ3n) is 3.20. The molecule has 1 aromatic carbocycles. The van der Waals surface area contributed by atoms with Crippen molar-refractivity contribution in [3.05, 3.63) is 45.9 Å². The monoisotopic (exact) mass is 334 g/mol. The van der Waals surface area contributed by atoms with Crippen LogP contribution in [0.5, 0.6) is 5.75 Å². The second kappa shape index (κ2) is 8.08. The van der Waals surface area contributed by atoms with Crippen LogP contribution >= 0.6 is 11.3 Å². The van der Waals surface area contributed by atoms with Gasteiger partial charge in [0.05, 0.1) is 10.7 Å². The van der Waals surface area contributed by atoms with Crippen molar-refractivity contribution in [2.24, 2.45) is 0 Å². The minimum absolute atomic E-state index is 0.128. The molecule has 0 aliphatic rings. The fraction of sp³-hybridized carbons (Fsp3) is 0.412. The molecule has 1 atom stereocenters. The molecule has 1 unspecified atom stereocenters. The molecule has 0 saturated heterocycles. The van der Waals surface area contributed by atoms with Crippen molar-refractivity contribution >= 4 is 17.2 Å². The number of aliphatic hydroxyl groups is 1. The quantitative estimate of drug-likeness (QED) is 0.817. The Morgan fingerprint density at radius 3 is 2.65 bits per heavy atom. The number of ether oxygens (including phenoxy) is 1. The van der Waals surface area contributed by atoms with Crippen molar-refractivity contribution in [3.63, 3.8) is 0 Å². The zero-order valence-electron chi connectivity index (χ0n) is 13.6. The number of thiazole rings is 1. The molecule has 0 aliphatic heterocycles. The van der Waals surface area contributed by atoms with E-state index >= 15 is 0 Å². The SMILES string of the molecule is Cc1nc(C(C)C)sc1C(=O)NCC(O)COc1ccccc1. The van der Waals surface area contributed by atoms with E-state index in [4.69, 9.17) is 4.74 Å². The van der Waals surface area contributed by atoms with Crippen LogP contribution in [0.4, 0.5) is 0 Å². The van der Waals surface area contributed by atoms with Gasteiger partial charge in [0.1, 0.15) is 23.3 Å². The van der Waals surface area contributed by atoms with Gasteiger partial charge in [0.15, 0.2) is 0 Å². The summed E-state index contributed by atoms with van der Waals surface area (Å²) >= 11 is 1.40. The average molecular weight is 334 g/mol. The predicted octanol–water partition coefficient (Wildman–Crippen LogP) is 2.74. The van der Waals surface area contributed by atoms with Crippen LogP contribution < -0.4 is 10.1 Å². The summed E-state index contributed by atoms with van der Waals surface area (Å²) in [4.78, 5) is 17.2. The van der Waals surface area contributed by atoms with Crippen LogP contribution in [-0.2, 0) is 0 Å². The molecule has 0 radical (unpaired) electrons. The van der Waals surface area contributed by atoms with Crippen LogP contribution in [0.25, 0.3) is 0 Å². The minimum Gasteiger partial charge on any atom is -0.491 e. The summed E-state index contributed by atoms with van der Waals surface area (Å²) in [5.41, 5.74) is 0.728. The lowest BCUT2D eigenvalue weighted by atomic mass is 10.2. The Kier molecular flexibility index (Phi) is 6.12. The molecule has 1 aromatic heterocycles. The van der Waals surface area contributed by atoms with Crippen molar-refractivity contribution < 1.29 is 14.6 Å². The van der Waals surface area contributed by atoms with E-state index < -0.39 is 6.10 Å². The largest absolute Gasteiger partial charge is 0.491 e. The number of amides is 1. The zero-order valence-corrected chi connectivity index (χ0v) is 14.4. The maximum atomic E-state index is 12.2. The van der Waals surface area contributed by atoms with E-state index in [1.54, 1.807) is 0 Å². The third-order valence-corrected chi connectivity index (χ3v) is 4.65. The highest BCUT2D eigenvalue weighted by Gasteiger charge is 2.17. The van der Waals surface area contributed by atoms with Crippen LogP contribution in [0.2, 0.25) is 0 Å². The van der Waals surface area contributed by atoms with Crippen molar-refractivity contribution in [3.8, 4) is 5.75 Å². The van der Waals surface area contributed by atoms with E-state index in [9.17, 15) is 9.90 Å². The van der Waals surface area contributed by atoms with Crippen molar-refractivity contribution in [2.75, 3.05) is 13.2 Å². The zero-order chi connectivity index (χ0) is 16.8. The average Bonchev–Trinajstić information content (AvgIpc) is 2.94. The number of aromatic nitrogens is 1. The van der Waals surface area contributed by atoms with E-state index in [0.29, 0.717) is 16.5 Å². The summed E-state index contributed by atoms with van der Waals surface area (Å²) in [5, 5.41) is 13.6. The van der Waals surface area contributed by atoms with Gasteiger partial charge in [0, 0.05) is 12.5 Å². The van der Waals surface area contributed by atoms with Gasteiger partial charge in [-0.2, -0.15) is 0 Å². The van der Waals surface area contributed by atoms with Gasteiger partial charge in [-0.25, -0.2) is 4.98 Å². The number of nitrogens with zero attached hydrogens (tertiary/aromatic N) is 1. The van der Waals surface area contributed by atoms with Crippen LogP contribution in [0.1, 0.15) is 40.1 Å². The number of rotatable bonds is 7. The molecule has 5 nitrogen and oxygen atoms in total. The summed E-state index contributed by atoms with van der Waals surface area (Å²) in [5.74, 6) is 0.786. The molecule has 0 aliphatic carbocycles. The number of benzene rings is 1. The molecule has 124 valence electrons. The Labute approximate surface area is 140 Å². The summed E-state index contributed by atoms with van der Waals surface area (Å²) in [6.07, 6.45) is -0.767. The Morgan fingerprint density at radius 2 is 2.04 bits per heavy atom. The molecule has 1 amide bonds. The van der Waals surface area contributed by atoms with E-state index in [0.717, 1.165) is 10.7 Å². The molecule has 0 spiro atoms.